The minimum Gasteiger partial charge on any atom is -0.207 e. The molecule has 2 heterocycles. The maximum Gasteiger partial charge on any atom is 0.243 e. The Morgan fingerprint density at radius 1 is 1.18 bits per heavy atom. The van der Waals surface area contributed by atoms with E-state index in [0.29, 0.717) is 10.8 Å². The molecule has 2 bridgehead atoms. The molecule has 2 aliphatic heterocycles. The Hall–Kier alpha value is -0.870. The predicted octanol–water partition coefficient (Wildman–Crippen LogP) is 2.17. The number of aryl methyl sites for hydroxylation is 1. The van der Waals surface area contributed by atoms with Crippen molar-refractivity contribution in [2.75, 3.05) is 0 Å². The van der Waals surface area contributed by atoms with Crippen molar-refractivity contribution in [2.24, 2.45) is 5.92 Å². The Balaban J connectivity index is 1.99. The molecule has 0 spiro atoms. The van der Waals surface area contributed by atoms with Crippen LogP contribution in [0, 0.1) is 12.8 Å². The van der Waals surface area contributed by atoms with E-state index in [-0.39, 0.29) is 12.1 Å². The molecule has 3 nitrogen and oxygen atoms in total. The predicted molar refractivity (Wildman–Crippen MR) is 66.2 cm³/mol. The van der Waals surface area contributed by atoms with Gasteiger partial charge in [0.1, 0.15) is 0 Å². The molecule has 0 radical (unpaired) electrons. The first-order chi connectivity index (χ1) is 8.00. The second-order valence-electron chi connectivity index (χ2n) is 5.27. The fourth-order valence-corrected chi connectivity index (χ4v) is 4.92. The lowest BCUT2D eigenvalue weighted by Gasteiger charge is -2.25. The van der Waals surface area contributed by atoms with Gasteiger partial charge in [-0.3, -0.25) is 0 Å². The molecule has 4 heteroatoms. The molecule has 0 N–H and O–H groups in total. The molecule has 1 saturated carbocycles. The number of hydrogen-bond acceptors (Lipinski definition) is 2. The van der Waals surface area contributed by atoms with Crippen LogP contribution in [-0.2, 0) is 10.0 Å². The van der Waals surface area contributed by atoms with Gasteiger partial charge in [0.05, 0.1) is 4.90 Å². The summed E-state index contributed by atoms with van der Waals surface area (Å²) >= 11 is 0. The second kappa shape index (κ2) is 3.56. The van der Waals surface area contributed by atoms with Gasteiger partial charge in [-0.15, -0.1) is 0 Å². The van der Waals surface area contributed by atoms with Crippen molar-refractivity contribution in [3.05, 3.63) is 29.8 Å². The summed E-state index contributed by atoms with van der Waals surface area (Å²) in [6.45, 7) is 4.00. The van der Waals surface area contributed by atoms with Crippen LogP contribution in [-0.4, -0.2) is 24.8 Å². The number of sulfonamides is 1. The molecular formula is C13H17NO2S. The van der Waals surface area contributed by atoms with Crippen LogP contribution in [0.25, 0.3) is 0 Å². The zero-order chi connectivity index (χ0) is 12.2. The summed E-state index contributed by atoms with van der Waals surface area (Å²) in [5.74, 6) is 0.584. The highest BCUT2D eigenvalue weighted by Gasteiger charge is 2.53. The van der Waals surface area contributed by atoms with Crippen LogP contribution in [0.1, 0.15) is 25.3 Å². The van der Waals surface area contributed by atoms with Gasteiger partial charge in [0.2, 0.25) is 10.0 Å². The van der Waals surface area contributed by atoms with Crippen LogP contribution in [0.2, 0.25) is 0 Å². The van der Waals surface area contributed by atoms with Gasteiger partial charge in [-0.05, 0) is 44.7 Å². The molecule has 1 atom stereocenters. The van der Waals surface area contributed by atoms with E-state index in [1.807, 2.05) is 26.0 Å². The standard InChI is InChI=1S/C13H17NO2S/c1-9-3-5-13(6-4-9)17(15,16)14-10(2)11-7-12(14)8-11/h3-6,10-12H,7-8H2,1-2H3/t10-,11?,12?/m1/s1. The van der Waals surface area contributed by atoms with Crippen molar-refractivity contribution < 1.29 is 8.42 Å². The van der Waals surface area contributed by atoms with Crippen LogP contribution in [0.15, 0.2) is 29.2 Å². The van der Waals surface area contributed by atoms with Gasteiger partial charge in [-0.25, -0.2) is 8.42 Å². The zero-order valence-electron chi connectivity index (χ0n) is 10.1. The third-order valence-corrected chi connectivity index (χ3v) is 6.24. The average molecular weight is 251 g/mol. The van der Waals surface area contributed by atoms with Crippen molar-refractivity contribution in [3.8, 4) is 0 Å². The van der Waals surface area contributed by atoms with E-state index >= 15 is 0 Å². The van der Waals surface area contributed by atoms with Gasteiger partial charge < -0.3 is 0 Å². The molecule has 2 saturated heterocycles. The van der Waals surface area contributed by atoms with Crippen molar-refractivity contribution >= 4 is 10.0 Å². The van der Waals surface area contributed by atoms with E-state index in [9.17, 15) is 8.42 Å². The van der Waals surface area contributed by atoms with Crippen LogP contribution < -0.4 is 0 Å². The molecule has 1 aliphatic carbocycles. The van der Waals surface area contributed by atoms with Gasteiger partial charge in [0.15, 0.2) is 0 Å². The average Bonchev–Trinajstić information content (AvgIpc) is 2.70. The summed E-state index contributed by atoms with van der Waals surface area (Å²) in [5, 5.41) is 0. The molecule has 0 amide bonds. The molecule has 1 aromatic carbocycles. The molecule has 3 fully saturated rings. The molecule has 1 aromatic rings. The Labute approximate surface area is 102 Å². The number of nitrogens with zero attached hydrogens (tertiary/aromatic N) is 1. The van der Waals surface area contributed by atoms with Gasteiger partial charge >= 0.3 is 0 Å². The number of rotatable bonds is 2. The maximum atomic E-state index is 12.5. The highest BCUT2D eigenvalue weighted by Crippen LogP contribution is 2.48. The minimum atomic E-state index is -3.28. The topological polar surface area (TPSA) is 37.4 Å². The van der Waals surface area contributed by atoms with Gasteiger partial charge in [0, 0.05) is 12.1 Å². The second-order valence-corrected chi connectivity index (χ2v) is 7.12. The smallest absolute Gasteiger partial charge is 0.207 e. The van der Waals surface area contributed by atoms with Crippen LogP contribution >= 0.6 is 0 Å². The summed E-state index contributed by atoms with van der Waals surface area (Å²) < 4.78 is 26.8. The molecule has 92 valence electrons. The minimum absolute atomic E-state index is 0.173. The third-order valence-electron chi connectivity index (χ3n) is 4.19. The first kappa shape index (κ1) is 11.2. The van der Waals surface area contributed by atoms with Crippen LogP contribution in [0.4, 0.5) is 0 Å². The Kier molecular flexibility index (Phi) is 2.35. The normalized spacial score (nSPS) is 32.5. The lowest BCUT2D eigenvalue weighted by Crippen LogP contribution is -2.36. The van der Waals surface area contributed by atoms with E-state index < -0.39 is 10.0 Å². The third kappa shape index (κ3) is 1.54. The van der Waals surface area contributed by atoms with Crippen LogP contribution in [0.5, 0.6) is 0 Å². The van der Waals surface area contributed by atoms with Crippen molar-refractivity contribution in [1.82, 2.24) is 4.31 Å². The van der Waals surface area contributed by atoms with Gasteiger partial charge in [-0.2, -0.15) is 4.31 Å². The monoisotopic (exact) mass is 251 g/mol. The molecule has 3 aliphatic rings. The number of benzene rings is 1. The lowest BCUT2D eigenvalue weighted by molar-refractivity contribution is 0.326. The summed E-state index contributed by atoms with van der Waals surface area (Å²) in [4.78, 5) is 0.433. The molecule has 17 heavy (non-hydrogen) atoms. The quantitative estimate of drug-likeness (QED) is 0.808. The summed E-state index contributed by atoms with van der Waals surface area (Å²) in [5.41, 5.74) is 1.09. The van der Waals surface area contributed by atoms with Gasteiger partial charge in [-0.1, -0.05) is 17.7 Å². The maximum absolute atomic E-state index is 12.5. The molecular weight excluding hydrogens is 234 g/mol. The zero-order valence-corrected chi connectivity index (χ0v) is 10.9. The molecule has 0 unspecified atom stereocenters. The fourth-order valence-electron chi connectivity index (χ4n) is 3.02. The van der Waals surface area contributed by atoms with E-state index in [4.69, 9.17) is 0 Å². The van der Waals surface area contributed by atoms with Crippen molar-refractivity contribution in [3.63, 3.8) is 0 Å². The summed E-state index contributed by atoms with van der Waals surface area (Å²) in [7, 11) is -3.28. The largest absolute Gasteiger partial charge is 0.243 e. The van der Waals surface area contributed by atoms with E-state index in [1.165, 1.54) is 0 Å². The van der Waals surface area contributed by atoms with Crippen molar-refractivity contribution in [1.29, 1.82) is 0 Å². The number of fused-ring (bicyclic) bond motifs is 1. The Bertz CT molecular complexity index is 529. The lowest BCUT2D eigenvalue weighted by atomic mass is 9.83. The number of hydrogen-bond donors (Lipinski definition) is 0. The Morgan fingerprint density at radius 2 is 1.76 bits per heavy atom. The molecule has 0 aromatic heterocycles. The molecule has 4 rings (SSSR count). The first-order valence-corrected chi connectivity index (χ1v) is 7.54. The van der Waals surface area contributed by atoms with Gasteiger partial charge in [0.25, 0.3) is 0 Å². The highest BCUT2D eigenvalue weighted by atomic mass is 32.2. The first-order valence-electron chi connectivity index (χ1n) is 6.10. The van der Waals surface area contributed by atoms with Crippen molar-refractivity contribution in [2.45, 2.75) is 43.7 Å². The Morgan fingerprint density at radius 3 is 2.24 bits per heavy atom. The van der Waals surface area contributed by atoms with E-state index in [1.54, 1.807) is 16.4 Å². The van der Waals surface area contributed by atoms with E-state index in [0.717, 1.165) is 18.4 Å². The highest BCUT2D eigenvalue weighted by molar-refractivity contribution is 7.89. The van der Waals surface area contributed by atoms with E-state index in [2.05, 4.69) is 0 Å². The SMILES string of the molecule is Cc1ccc(S(=O)(=O)N2C3CC(C3)[C@H]2C)cc1. The fraction of sp³-hybridized carbons (Fsp3) is 0.538. The summed E-state index contributed by atoms with van der Waals surface area (Å²) in [6.07, 6.45) is 2.10. The summed E-state index contributed by atoms with van der Waals surface area (Å²) in [6, 6.07) is 7.57. The van der Waals surface area contributed by atoms with Crippen LogP contribution in [0.3, 0.4) is 0 Å².